The molecular weight excluding hydrogens is 448 g/mol. The van der Waals surface area contributed by atoms with Gasteiger partial charge in [0.05, 0.1) is 12.1 Å². The largest absolute Gasteiger partial charge is 0.342 e. The number of fused-ring (bicyclic) bond motifs is 2. The van der Waals surface area contributed by atoms with Crippen LogP contribution in [0.25, 0.3) is 11.4 Å². The smallest absolute Gasteiger partial charge is 0.228 e. The fourth-order valence-electron chi connectivity index (χ4n) is 6.97. The van der Waals surface area contributed by atoms with E-state index < -0.39 is 0 Å². The molecule has 3 aliphatic heterocycles. The second-order valence-corrected chi connectivity index (χ2v) is 11.3. The van der Waals surface area contributed by atoms with E-state index in [1.807, 2.05) is 6.07 Å². The second kappa shape index (κ2) is 8.80. The van der Waals surface area contributed by atoms with Crippen molar-refractivity contribution in [2.24, 2.45) is 5.41 Å². The van der Waals surface area contributed by atoms with E-state index in [0.717, 1.165) is 75.5 Å². The molecule has 3 aromatic rings. The molecule has 1 aliphatic carbocycles. The normalized spacial score (nSPS) is 22.8. The Kier molecular flexibility index (Phi) is 5.42. The molecule has 2 saturated heterocycles. The number of hydrogen-bond donors (Lipinski definition) is 0. The number of rotatable bonds is 4. The van der Waals surface area contributed by atoms with Gasteiger partial charge in [0.1, 0.15) is 0 Å². The van der Waals surface area contributed by atoms with Gasteiger partial charge in [-0.25, -0.2) is 9.97 Å². The third kappa shape index (κ3) is 3.94. The van der Waals surface area contributed by atoms with E-state index in [4.69, 9.17) is 5.10 Å². The highest BCUT2D eigenvalue weighted by atomic mass is 16.2. The number of carbonyl (C=O) groups is 1. The zero-order valence-corrected chi connectivity index (χ0v) is 20.9. The minimum Gasteiger partial charge on any atom is -0.342 e. The molecule has 186 valence electrons. The maximum absolute atomic E-state index is 13.0. The highest BCUT2D eigenvalue weighted by Crippen LogP contribution is 2.48. The van der Waals surface area contributed by atoms with Crippen molar-refractivity contribution >= 4 is 5.91 Å². The fraction of sp³-hybridized carbons (Fsp3) is 0.517. The van der Waals surface area contributed by atoms with Gasteiger partial charge in [-0.2, -0.15) is 5.10 Å². The van der Waals surface area contributed by atoms with Crippen molar-refractivity contribution in [1.29, 1.82) is 0 Å². The zero-order chi connectivity index (χ0) is 24.1. The van der Waals surface area contributed by atoms with Gasteiger partial charge in [0.15, 0.2) is 5.82 Å². The number of aryl methyl sites for hydroxylation is 3. The summed E-state index contributed by atoms with van der Waals surface area (Å²) in [5.74, 6) is 1.06. The average molecular weight is 483 g/mol. The minimum absolute atomic E-state index is 0.249. The predicted molar refractivity (Wildman–Crippen MR) is 137 cm³/mol. The summed E-state index contributed by atoms with van der Waals surface area (Å²) in [5, 5.41) is 4.69. The van der Waals surface area contributed by atoms with Crippen LogP contribution in [-0.2, 0) is 30.6 Å². The van der Waals surface area contributed by atoms with Crippen molar-refractivity contribution in [2.45, 2.75) is 64.0 Å². The molecule has 1 spiro atoms. The summed E-state index contributed by atoms with van der Waals surface area (Å²) in [6.45, 7) is 5.11. The molecule has 5 heterocycles. The Morgan fingerprint density at radius 3 is 2.64 bits per heavy atom. The molecule has 7 nitrogen and oxygen atoms in total. The standard InChI is InChI=1S/C29H34N6O/c36-27(18-23-17-24-4-1-2-13-35(24)32-23)33-14-9-29(10-15-33)19-34(20-29)26-8-6-21-16-22(5-7-25(21)26)28-30-11-3-12-31-28/h3,5,7,11-12,16-17,26H,1-2,4,6,8-10,13-15,18-20H2. The number of nitrogens with zero attached hydrogens (tertiary/aromatic N) is 6. The van der Waals surface area contributed by atoms with Gasteiger partial charge in [-0.15, -0.1) is 0 Å². The first kappa shape index (κ1) is 22.2. The summed E-state index contributed by atoms with van der Waals surface area (Å²) >= 11 is 0. The number of hydrogen-bond acceptors (Lipinski definition) is 5. The van der Waals surface area contributed by atoms with Crippen molar-refractivity contribution in [3.05, 3.63) is 65.2 Å². The van der Waals surface area contributed by atoms with Crippen molar-refractivity contribution in [1.82, 2.24) is 29.5 Å². The van der Waals surface area contributed by atoms with Gasteiger partial charge >= 0.3 is 0 Å². The predicted octanol–water partition coefficient (Wildman–Crippen LogP) is 3.83. The number of amides is 1. The lowest BCUT2D eigenvalue weighted by atomic mass is 9.71. The Morgan fingerprint density at radius 2 is 1.83 bits per heavy atom. The summed E-state index contributed by atoms with van der Waals surface area (Å²) in [6.07, 6.45) is 12.2. The Morgan fingerprint density at radius 1 is 1.00 bits per heavy atom. The topological polar surface area (TPSA) is 67.2 Å². The Hall–Kier alpha value is -3.06. The van der Waals surface area contributed by atoms with E-state index >= 15 is 0 Å². The van der Waals surface area contributed by atoms with Crippen LogP contribution in [0, 0.1) is 5.41 Å². The highest BCUT2D eigenvalue weighted by Gasteiger charge is 2.48. The van der Waals surface area contributed by atoms with Gasteiger partial charge < -0.3 is 4.90 Å². The number of aromatic nitrogens is 4. The Labute approximate surface area is 212 Å². The second-order valence-electron chi connectivity index (χ2n) is 11.3. The highest BCUT2D eigenvalue weighted by molar-refractivity contribution is 5.78. The molecule has 0 saturated carbocycles. The van der Waals surface area contributed by atoms with Crippen molar-refractivity contribution in [3.8, 4) is 11.4 Å². The Balaban J connectivity index is 0.942. The van der Waals surface area contributed by atoms with Crippen LogP contribution in [0.1, 0.15) is 60.7 Å². The molecule has 0 radical (unpaired) electrons. The van der Waals surface area contributed by atoms with Crippen LogP contribution in [-0.4, -0.2) is 61.6 Å². The molecule has 7 rings (SSSR count). The van der Waals surface area contributed by atoms with Crippen molar-refractivity contribution < 1.29 is 4.79 Å². The molecule has 36 heavy (non-hydrogen) atoms. The van der Waals surface area contributed by atoms with E-state index in [0.29, 0.717) is 17.9 Å². The van der Waals surface area contributed by atoms with E-state index in [1.54, 1.807) is 12.4 Å². The van der Waals surface area contributed by atoms with Crippen LogP contribution in [0.5, 0.6) is 0 Å². The van der Waals surface area contributed by atoms with Crippen LogP contribution in [0.4, 0.5) is 0 Å². The van der Waals surface area contributed by atoms with Crippen molar-refractivity contribution in [3.63, 3.8) is 0 Å². The lowest BCUT2D eigenvalue weighted by molar-refractivity contribution is -0.136. The molecule has 1 amide bonds. The molecular formula is C29H34N6O. The quantitative estimate of drug-likeness (QED) is 0.565. The number of piperidine rings is 1. The summed E-state index contributed by atoms with van der Waals surface area (Å²) in [7, 11) is 0. The molecule has 0 bridgehead atoms. The van der Waals surface area contributed by atoms with Crippen LogP contribution in [0.15, 0.2) is 42.7 Å². The lowest BCUT2D eigenvalue weighted by Gasteiger charge is -2.56. The molecule has 1 atom stereocenters. The van der Waals surface area contributed by atoms with Gasteiger partial charge in [-0.1, -0.05) is 12.1 Å². The van der Waals surface area contributed by atoms with E-state index in [-0.39, 0.29) is 5.91 Å². The lowest BCUT2D eigenvalue weighted by Crippen LogP contribution is -2.61. The summed E-state index contributed by atoms with van der Waals surface area (Å²) in [4.78, 5) is 26.6. The molecule has 7 heteroatoms. The molecule has 1 unspecified atom stereocenters. The third-order valence-electron chi connectivity index (χ3n) is 9.01. The molecule has 0 N–H and O–H groups in total. The van der Waals surface area contributed by atoms with Gasteiger partial charge in [0, 0.05) is 62.4 Å². The van der Waals surface area contributed by atoms with Gasteiger partial charge in [-0.3, -0.25) is 14.4 Å². The minimum atomic E-state index is 0.249. The van der Waals surface area contributed by atoms with Gasteiger partial charge in [-0.05, 0) is 79.7 Å². The summed E-state index contributed by atoms with van der Waals surface area (Å²) < 4.78 is 2.11. The summed E-state index contributed by atoms with van der Waals surface area (Å²) in [6, 6.07) is 11.3. The SMILES string of the molecule is O=C(Cc1cc2n(n1)CCCC2)N1CCC2(CC1)CN(C1CCc3cc(-c4ncccn4)ccc31)C2. The zero-order valence-electron chi connectivity index (χ0n) is 20.9. The van der Waals surface area contributed by atoms with E-state index in [1.165, 1.54) is 36.1 Å². The maximum atomic E-state index is 13.0. The van der Waals surface area contributed by atoms with Crippen LogP contribution in [0.3, 0.4) is 0 Å². The van der Waals surface area contributed by atoms with Gasteiger partial charge in [0.25, 0.3) is 0 Å². The number of benzene rings is 1. The fourth-order valence-corrected chi connectivity index (χ4v) is 6.97. The van der Waals surface area contributed by atoms with Crippen LogP contribution < -0.4 is 0 Å². The van der Waals surface area contributed by atoms with Crippen LogP contribution in [0.2, 0.25) is 0 Å². The molecule has 2 fully saturated rings. The first-order chi connectivity index (χ1) is 17.7. The Bertz CT molecular complexity index is 1240. The molecule has 2 aromatic heterocycles. The van der Waals surface area contributed by atoms with E-state index in [9.17, 15) is 4.79 Å². The summed E-state index contributed by atoms with van der Waals surface area (Å²) in [5.41, 5.74) is 6.70. The monoisotopic (exact) mass is 482 g/mol. The average Bonchev–Trinajstić information content (AvgIpc) is 3.51. The van der Waals surface area contributed by atoms with Crippen LogP contribution >= 0.6 is 0 Å². The number of carbonyl (C=O) groups excluding carboxylic acids is 1. The first-order valence-corrected chi connectivity index (χ1v) is 13.6. The first-order valence-electron chi connectivity index (χ1n) is 13.6. The van der Waals surface area contributed by atoms with Gasteiger partial charge in [0.2, 0.25) is 5.91 Å². The van der Waals surface area contributed by atoms with Crippen molar-refractivity contribution in [2.75, 3.05) is 26.2 Å². The third-order valence-corrected chi connectivity index (χ3v) is 9.01. The maximum Gasteiger partial charge on any atom is 0.228 e. The van der Waals surface area contributed by atoms with E-state index in [2.05, 4.69) is 48.7 Å². The number of likely N-dealkylation sites (tertiary alicyclic amines) is 2. The molecule has 1 aromatic carbocycles. The molecule has 4 aliphatic rings.